The van der Waals surface area contributed by atoms with E-state index < -0.39 is 0 Å². The lowest BCUT2D eigenvalue weighted by Crippen LogP contribution is -2.38. The van der Waals surface area contributed by atoms with Crippen LogP contribution in [0.2, 0.25) is 5.02 Å². The molecule has 1 N–H and O–H groups in total. The van der Waals surface area contributed by atoms with Crippen LogP contribution in [0.15, 0.2) is 22.7 Å². The van der Waals surface area contributed by atoms with Crippen LogP contribution in [0, 0.1) is 0 Å². The van der Waals surface area contributed by atoms with Crippen molar-refractivity contribution in [3.05, 3.63) is 33.3 Å². The number of rotatable bonds is 6. The maximum Gasteiger partial charge on any atom is 0.236 e. The van der Waals surface area contributed by atoms with E-state index in [1.165, 1.54) is 0 Å². The SMILES string of the molecule is CCN(CC)C(=O)CNC(C)c1ccc(Br)cc1Cl. The molecule has 106 valence electrons. The third-order valence-electron chi connectivity index (χ3n) is 3.10. The summed E-state index contributed by atoms with van der Waals surface area (Å²) in [4.78, 5) is 13.7. The molecule has 0 saturated heterocycles. The van der Waals surface area contributed by atoms with E-state index in [0.29, 0.717) is 11.6 Å². The van der Waals surface area contributed by atoms with E-state index in [1.807, 2.05) is 43.9 Å². The molecule has 19 heavy (non-hydrogen) atoms. The van der Waals surface area contributed by atoms with E-state index in [2.05, 4.69) is 21.2 Å². The quantitative estimate of drug-likeness (QED) is 0.852. The molecule has 0 aromatic heterocycles. The zero-order chi connectivity index (χ0) is 14.4. The molecule has 0 aliphatic carbocycles. The highest BCUT2D eigenvalue weighted by Crippen LogP contribution is 2.26. The lowest BCUT2D eigenvalue weighted by Gasteiger charge is -2.21. The molecule has 1 aromatic carbocycles. The minimum Gasteiger partial charge on any atom is -0.342 e. The second kappa shape index (κ2) is 7.88. The molecule has 0 aliphatic rings. The van der Waals surface area contributed by atoms with Gasteiger partial charge in [0.1, 0.15) is 0 Å². The maximum atomic E-state index is 11.9. The Labute approximate surface area is 128 Å². The molecule has 1 atom stereocenters. The fourth-order valence-corrected chi connectivity index (χ4v) is 2.73. The maximum absolute atomic E-state index is 11.9. The lowest BCUT2D eigenvalue weighted by molar-refractivity contribution is -0.129. The van der Waals surface area contributed by atoms with Crippen LogP contribution in [0.4, 0.5) is 0 Å². The lowest BCUT2D eigenvalue weighted by atomic mass is 10.1. The summed E-state index contributed by atoms with van der Waals surface area (Å²) in [6, 6.07) is 5.82. The van der Waals surface area contributed by atoms with E-state index >= 15 is 0 Å². The van der Waals surface area contributed by atoms with Crippen LogP contribution in [0.1, 0.15) is 32.4 Å². The molecule has 1 unspecified atom stereocenters. The first-order chi connectivity index (χ1) is 8.99. The van der Waals surface area contributed by atoms with Crippen molar-refractivity contribution in [2.45, 2.75) is 26.8 Å². The van der Waals surface area contributed by atoms with E-state index in [1.54, 1.807) is 0 Å². The molecule has 0 radical (unpaired) electrons. The van der Waals surface area contributed by atoms with Crippen molar-refractivity contribution in [2.24, 2.45) is 0 Å². The van der Waals surface area contributed by atoms with Gasteiger partial charge in [0, 0.05) is 28.6 Å². The summed E-state index contributed by atoms with van der Waals surface area (Å²) in [7, 11) is 0. The fraction of sp³-hybridized carbons (Fsp3) is 0.500. The van der Waals surface area contributed by atoms with Gasteiger partial charge in [0.25, 0.3) is 0 Å². The summed E-state index contributed by atoms with van der Waals surface area (Å²) < 4.78 is 0.952. The van der Waals surface area contributed by atoms with Gasteiger partial charge >= 0.3 is 0 Å². The summed E-state index contributed by atoms with van der Waals surface area (Å²) in [5, 5.41) is 3.92. The fourth-order valence-electron chi connectivity index (χ4n) is 1.89. The van der Waals surface area contributed by atoms with Crippen LogP contribution in [0.3, 0.4) is 0 Å². The van der Waals surface area contributed by atoms with Crippen LogP contribution in [-0.4, -0.2) is 30.4 Å². The number of benzene rings is 1. The van der Waals surface area contributed by atoms with Crippen LogP contribution < -0.4 is 5.32 Å². The van der Waals surface area contributed by atoms with Crippen LogP contribution >= 0.6 is 27.5 Å². The van der Waals surface area contributed by atoms with E-state index in [9.17, 15) is 4.79 Å². The Bertz CT molecular complexity index is 435. The molecule has 0 bridgehead atoms. The van der Waals surface area contributed by atoms with Crippen molar-refractivity contribution < 1.29 is 4.79 Å². The Morgan fingerprint density at radius 1 is 1.42 bits per heavy atom. The molecule has 1 amide bonds. The molecular formula is C14H20BrClN2O. The van der Waals surface area contributed by atoms with Crippen molar-refractivity contribution in [3.63, 3.8) is 0 Å². The number of likely N-dealkylation sites (N-methyl/N-ethyl adjacent to an activating group) is 1. The van der Waals surface area contributed by atoms with E-state index in [0.717, 1.165) is 23.1 Å². The summed E-state index contributed by atoms with van der Waals surface area (Å²) >= 11 is 9.57. The van der Waals surface area contributed by atoms with Gasteiger partial charge in [0.15, 0.2) is 0 Å². The van der Waals surface area contributed by atoms with Crippen molar-refractivity contribution in [1.29, 1.82) is 0 Å². The monoisotopic (exact) mass is 346 g/mol. The highest BCUT2D eigenvalue weighted by Gasteiger charge is 2.13. The van der Waals surface area contributed by atoms with Gasteiger partial charge < -0.3 is 10.2 Å². The predicted molar refractivity (Wildman–Crippen MR) is 83.5 cm³/mol. The average Bonchev–Trinajstić information content (AvgIpc) is 2.37. The van der Waals surface area contributed by atoms with Gasteiger partial charge in [-0.2, -0.15) is 0 Å². The highest BCUT2D eigenvalue weighted by molar-refractivity contribution is 9.10. The second-order valence-electron chi connectivity index (χ2n) is 4.33. The van der Waals surface area contributed by atoms with Gasteiger partial charge in [0.05, 0.1) is 6.54 Å². The number of halogens is 2. The third-order valence-corrected chi connectivity index (χ3v) is 3.93. The van der Waals surface area contributed by atoms with E-state index in [4.69, 9.17) is 11.6 Å². The Kier molecular flexibility index (Phi) is 6.83. The number of carbonyl (C=O) groups excluding carboxylic acids is 1. The normalized spacial score (nSPS) is 12.3. The molecule has 0 saturated carbocycles. The van der Waals surface area contributed by atoms with Crippen molar-refractivity contribution in [1.82, 2.24) is 10.2 Å². The molecular weight excluding hydrogens is 328 g/mol. The van der Waals surface area contributed by atoms with Crippen LogP contribution in [-0.2, 0) is 4.79 Å². The van der Waals surface area contributed by atoms with Gasteiger partial charge in [-0.3, -0.25) is 4.79 Å². The van der Waals surface area contributed by atoms with Gasteiger partial charge in [-0.1, -0.05) is 33.6 Å². The smallest absolute Gasteiger partial charge is 0.236 e. The summed E-state index contributed by atoms with van der Waals surface area (Å²) in [5.41, 5.74) is 0.997. The minimum absolute atomic E-state index is 0.0418. The molecule has 0 fully saturated rings. The van der Waals surface area contributed by atoms with Gasteiger partial charge in [-0.15, -0.1) is 0 Å². The second-order valence-corrected chi connectivity index (χ2v) is 5.66. The third kappa shape index (κ3) is 4.79. The molecule has 1 aromatic rings. The topological polar surface area (TPSA) is 32.3 Å². The zero-order valence-corrected chi connectivity index (χ0v) is 13.9. The van der Waals surface area contributed by atoms with Crippen molar-refractivity contribution in [2.75, 3.05) is 19.6 Å². The number of nitrogens with one attached hydrogen (secondary N) is 1. The molecule has 5 heteroatoms. The molecule has 0 heterocycles. The number of hydrogen-bond donors (Lipinski definition) is 1. The Hall–Kier alpha value is -0.580. The number of nitrogens with zero attached hydrogens (tertiary/aromatic N) is 1. The van der Waals surface area contributed by atoms with Crippen molar-refractivity contribution >= 4 is 33.4 Å². The number of amides is 1. The standard InChI is InChI=1S/C14H20BrClN2O/c1-4-18(5-2)14(19)9-17-10(3)12-7-6-11(15)8-13(12)16/h6-8,10,17H,4-5,9H2,1-3H3. The predicted octanol–water partition coefficient (Wildman–Crippen LogP) is 3.62. The van der Waals surface area contributed by atoms with Gasteiger partial charge in [0.2, 0.25) is 5.91 Å². The zero-order valence-electron chi connectivity index (χ0n) is 11.5. The van der Waals surface area contributed by atoms with Crippen molar-refractivity contribution in [3.8, 4) is 0 Å². The minimum atomic E-state index is 0.0418. The van der Waals surface area contributed by atoms with E-state index in [-0.39, 0.29) is 11.9 Å². The summed E-state index contributed by atoms with van der Waals surface area (Å²) in [5.74, 6) is 0.116. The first-order valence-electron chi connectivity index (χ1n) is 6.45. The highest BCUT2D eigenvalue weighted by atomic mass is 79.9. The average molecular weight is 348 g/mol. The molecule has 0 spiro atoms. The molecule has 0 aliphatic heterocycles. The van der Waals surface area contributed by atoms with Gasteiger partial charge in [-0.25, -0.2) is 0 Å². The molecule has 1 rings (SSSR count). The summed E-state index contributed by atoms with van der Waals surface area (Å²) in [6.07, 6.45) is 0. The first kappa shape index (κ1) is 16.5. The molecule has 3 nitrogen and oxygen atoms in total. The Balaban J connectivity index is 2.60. The first-order valence-corrected chi connectivity index (χ1v) is 7.62. The van der Waals surface area contributed by atoms with Crippen LogP contribution in [0.25, 0.3) is 0 Å². The van der Waals surface area contributed by atoms with Crippen LogP contribution in [0.5, 0.6) is 0 Å². The largest absolute Gasteiger partial charge is 0.342 e. The summed E-state index contributed by atoms with van der Waals surface area (Å²) in [6.45, 7) is 7.78. The van der Waals surface area contributed by atoms with Gasteiger partial charge in [-0.05, 0) is 38.5 Å². The number of hydrogen-bond acceptors (Lipinski definition) is 2. The Morgan fingerprint density at radius 2 is 2.05 bits per heavy atom. The number of carbonyl (C=O) groups is 1. The Morgan fingerprint density at radius 3 is 2.58 bits per heavy atom.